The monoisotopic (exact) mass is 974 g/mol. The van der Waals surface area contributed by atoms with E-state index in [9.17, 15) is 0 Å². The van der Waals surface area contributed by atoms with Crippen LogP contribution in [0.1, 0.15) is 132 Å². The second-order valence-electron chi connectivity index (χ2n) is 26.0. The van der Waals surface area contributed by atoms with Crippen LogP contribution < -0.4 is 25.5 Å². The van der Waals surface area contributed by atoms with Crippen molar-refractivity contribution in [3.63, 3.8) is 0 Å². The summed E-state index contributed by atoms with van der Waals surface area (Å²) in [5.41, 5.74) is 21.1. The molecular weight excluding hydrogens is 902 g/mol. The van der Waals surface area contributed by atoms with E-state index in [1.54, 1.807) is 0 Å². The van der Waals surface area contributed by atoms with Gasteiger partial charge < -0.3 is 14.6 Å². The van der Waals surface area contributed by atoms with Crippen LogP contribution in [0, 0.1) is 0 Å². The molecule has 5 heteroatoms. The molecule has 2 aliphatic rings. The van der Waals surface area contributed by atoms with Gasteiger partial charge in [0.05, 0.1) is 0 Å². The molecule has 0 amide bonds. The lowest BCUT2D eigenvalue weighted by molar-refractivity contribution is 0.590. The average molecular weight is 974 g/mol. The lowest BCUT2D eigenvalue weighted by Crippen LogP contribution is -2.61. The van der Waals surface area contributed by atoms with Crippen LogP contribution in [0.4, 0.5) is 45.5 Å². The molecule has 0 atom stereocenters. The second-order valence-corrected chi connectivity index (χ2v) is 27.1. The van der Waals surface area contributed by atoms with E-state index >= 15 is 0 Å². The van der Waals surface area contributed by atoms with Gasteiger partial charge in [0.25, 0.3) is 0 Å². The Balaban J connectivity index is 1.28. The zero-order valence-electron chi connectivity index (χ0n) is 45.9. The average Bonchev–Trinajstić information content (AvgIpc) is 3.70. The smallest absolute Gasteiger partial charge is 0.333 e. The van der Waals surface area contributed by atoms with Gasteiger partial charge in [-0.2, -0.15) is 0 Å². The van der Waals surface area contributed by atoms with Crippen LogP contribution >= 0.6 is 11.3 Å². The van der Waals surface area contributed by atoms with Gasteiger partial charge in [0.15, 0.2) is 0 Å². The molecular formula is C68H72BN3S. The van der Waals surface area contributed by atoms with Crippen LogP contribution in [0.2, 0.25) is 0 Å². The zero-order chi connectivity index (χ0) is 51.7. The molecule has 0 saturated heterocycles. The maximum Gasteiger partial charge on any atom is 0.333 e. The van der Waals surface area contributed by atoms with Crippen molar-refractivity contribution in [1.29, 1.82) is 0 Å². The minimum Gasteiger partial charge on any atom is -0.376 e. The maximum atomic E-state index is 2.69. The first-order valence-electron chi connectivity index (χ1n) is 26.4. The number of rotatable bonds is 5. The van der Waals surface area contributed by atoms with Crippen molar-refractivity contribution in [2.45, 2.75) is 131 Å². The quantitative estimate of drug-likeness (QED) is 0.159. The normalized spacial score (nSPS) is 13.9. The highest BCUT2D eigenvalue weighted by molar-refractivity contribution is 7.25. The molecule has 368 valence electrons. The van der Waals surface area contributed by atoms with Gasteiger partial charge in [0, 0.05) is 71.2 Å². The van der Waals surface area contributed by atoms with Crippen LogP contribution in [0.25, 0.3) is 31.3 Å². The van der Waals surface area contributed by atoms with E-state index in [4.69, 9.17) is 0 Å². The molecule has 0 aliphatic carbocycles. The van der Waals surface area contributed by atoms with E-state index in [-0.39, 0.29) is 33.9 Å². The van der Waals surface area contributed by atoms with Gasteiger partial charge >= 0.3 is 6.85 Å². The van der Waals surface area contributed by atoms with Crippen molar-refractivity contribution < 1.29 is 0 Å². The molecule has 0 saturated carbocycles. The fourth-order valence-electron chi connectivity index (χ4n) is 11.2. The minimum atomic E-state index is -0.133. The molecule has 1 aromatic heterocycles. The fourth-order valence-corrected chi connectivity index (χ4v) is 12.3. The van der Waals surface area contributed by atoms with E-state index in [2.05, 4.69) is 282 Å². The Hall–Kier alpha value is -6.56. The van der Waals surface area contributed by atoms with Crippen LogP contribution in [-0.2, 0) is 27.1 Å². The second kappa shape index (κ2) is 17.0. The van der Waals surface area contributed by atoms with Gasteiger partial charge in [-0.3, -0.25) is 0 Å². The molecule has 3 heterocycles. The highest BCUT2D eigenvalue weighted by atomic mass is 32.1. The van der Waals surface area contributed by atoms with E-state index in [0.717, 1.165) is 22.7 Å². The molecule has 2 aliphatic heterocycles. The van der Waals surface area contributed by atoms with Gasteiger partial charge in [-0.05, 0) is 156 Å². The lowest BCUT2D eigenvalue weighted by Gasteiger charge is -2.46. The third-order valence-electron chi connectivity index (χ3n) is 15.6. The Kier molecular flexibility index (Phi) is 11.3. The molecule has 9 aromatic rings. The number of hydrogen-bond donors (Lipinski definition) is 0. The van der Waals surface area contributed by atoms with Gasteiger partial charge in [-0.25, -0.2) is 0 Å². The molecule has 0 fully saturated rings. The van der Waals surface area contributed by atoms with Crippen LogP contribution in [-0.4, -0.2) is 6.85 Å². The predicted octanol–water partition coefficient (Wildman–Crippen LogP) is 18.7. The van der Waals surface area contributed by atoms with Crippen molar-refractivity contribution >= 4 is 94.8 Å². The van der Waals surface area contributed by atoms with Crippen molar-refractivity contribution in [2.24, 2.45) is 0 Å². The van der Waals surface area contributed by atoms with Gasteiger partial charge in [0.2, 0.25) is 0 Å². The predicted molar refractivity (Wildman–Crippen MR) is 321 cm³/mol. The van der Waals surface area contributed by atoms with Crippen molar-refractivity contribution in [2.75, 3.05) is 14.6 Å². The van der Waals surface area contributed by atoms with E-state index < -0.39 is 0 Å². The summed E-state index contributed by atoms with van der Waals surface area (Å²) in [6.07, 6.45) is 0. The molecule has 0 spiro atoms. The molecule has 73 heavy (non-hydrogen) atoms. The van der Waals surface area contributed by atoms with E-state index in [1.807, 2.05) is 11.3 Å². The number of benzene rings is 8. The number of nitrogens with zero attached hydrogens (tertiary/aromatic N) is 3. The summed E-state index contributed by atoms with van der Waals surface area (Å²) in [6.45, 7) is 34.6. The summed E-state index contributed by atoms with van der Waals surface area (Å²) < 4.78 is 2.61. The largest absolute Gasteiger partial charge is 0.376 e. The first-order valence-corrected chi connectivity index (χ1v) is 27.3. The minimum absolute atomic E-state index is 0.0135. The number of anilines is 8. The maximum absolute atomic E-state index is 2.69. The van der Waals surface area contributed by atoms with Gasteiger partial charge in [0.1, 0.15) is 0 Å². The topological polar surface area (TPSA) is 9.72 Å². The van der Waals surface area contributed by atoms with E-state index in [0.29, 0.717) is 0 Å². The SMILES string of the molecule is CC(C)(C)c1ccc(N2B3c4cc(C(C)(C)C)ccc4N(c4ccc(C(C)(C)C)cc4)c4cc(N(c5ccc(C(C)(C)C)cc5)c5ccc(C(C)(C)C)cc5)cc(c43)-c3cc4c(cc32)sc2ccccc24)cc1. The standard InChI is InChI=1S/C68H72BN3S/c1-64(2,3)43-20-29-48(30-21-43)70(49-31-22-44(23-32-49)65(4,5)6)52-39-56-54-41-55-53-18-16-17-19-61(53)73-62(55)42-59(54)72(51-35-26-46(27-36-51)67(10,11)12)69-57-38-47(68(13,14)15)28-37-58(57)71(60(40-52)63(56)69)50-33-24-45(25-34-50)66(7,8)9/h16-42H,1-15H3. The summed E-state index contributed by atoms with van der Waals surface area (Å²) in [7, 11) is 0. The number of hydrogen-bond acceptors (Lipinski definition) is 4. The van der Waals surface area contributed by atoms with Gasteiger partial charge in [-0.15, -0.1) is 11.3 Å². The van der Waals surface area contributed by atoms with Crippen molar-refractivity contribution in [3.8, 4) is 11.1 Å². The molecule has 0 bridgehead atoms. The molecule has 0 unspecified atom stereocenters. The van der Waals surface area contributed by atoms with E-state index in [1.165, 1.54) is 92.8 Å². The Morgan fingerprint density at radius 2 is 0.849 bits per heavy atom. The summed E-state index contributed by atoms with van der Waals surface area (Å²) in [4.78, 5) is 7.78. The van der Waals surface area contributed by atoms with Crippen LogP contribution in [0.15, 0.2) is 164 Å². The highest BCUT2D eigenvalue weighted by Gasteiger charge is 2.46. The first-order chi connectivity index (χ1) is 34.3. The van der Waals surface area contributed by atoms with Crippen LogP contribution in [0.5, 0.6) is 0 Å². The first kappa shape index (κ1) is 48.7. The fraction of sp³-hybridized carbons (Fsp3) is 0.294. The Labute approximate surface area is 440 Å². The summed E-state index contributed by atoms with van der Waals surface area (Å²) >= 11 is 1.90. The molecule has 8 aromatic carbocycles. The third-order valence-corrected chi connectivity index (χ3v) is 16.8. The molecule has 0 radical (unpaired) electrons. The lowest BCUT2D eigenvalue weighted by atomic mass is 9.43. The van der Waals surface area contributed by atoms with Gasteiger partial charge in [-0.1, -0.05) is 183 Å². The van der Waals surface area contributed by atoms with Crippen LogP contribution in [0.3, 0.4) is 0 Å². The van der Waals surface area contributed by atoms with Crippen molar-refractivity contribution in [3.05, 3.63) is 192 Å². The number of fused-ring (bicyclic) bond motifs is 7. The molecule has 3 nitrogen and oxygen atoms in total. The molecule has 0 N–H and O–H groups in total. The summed E-state index contributed by atoms with van der Waals surface area (Å²) in [6, 6.07) is 63.9. The summed E-state index contributed by atoms with van der Waals surface area (Å²) in [5.74, 6) is 0. The Morgan fingerprint density at radius 1 is 0.370 bits per heavy atom. The molecule has 11 rings (SSSR count). The number of thiophene rings is 1. The Morgan fingerprint density at radius 3 is 1.37 bits per heavy atom. The highest BCUT2D eigenvalue weighted by Crippen LogP contribution is 2.52. The summed E-state index contributed by atoms with van der Waals surface area (Å²) in [5, 5.41) is 2.60. The zero-order valence-corrected chi connectivity index (χ0v) is 46.7. The third kappa shape index (κ3) is 8.56. The Bertz CT molecular complexity index is 3510. The van der Waals surface area contributed by atoms with Crippen molar-refractivity contribution in [1.82, 2.24) is 0 Å².